The summed E-state index contributed by atoms with van der Waals surface area (Å²) >= 11 is 1.80. The monoisotopic (exact) mass is 307 g/mol. The van der Waals surface area contributed by atoms with Gasteiger partial charge in [-0.1, -0.05) is 36.4 Å². The zero-order valence-corrected chi connectivity index (χ0v) is 12.7. The summed E-state index contributed by atoms with van der Waals surface area (Å²) in [6, 6.07) is 21.6. The van der Waals surface area contributed by atoms with Crippen LogP contribution in [0.15, 0.2) is 66.7 Å². The molecule has 1 heterocycles. The van der Waals surface area contributed by atoms with E-state index in [0.29, 0.717) is 12.1 Å². The third-order valence-electron chi connectivity index (χ3n) is 3.82. The van der Waals surface area contributed by atoms with Gasteiger partial charge in [0.1, 0.15) is 5.82 Å². The number of halogens is 1. The fourth-order valence-electron chi connectivity index (χ4n) is 2.68. The van der Waals surface area contributed by atoms with Crippen LogP contribution in [0.3, 0.4) is 0 Å². The van der Waals surface area contributed by atoms with Gasteiger partial charge < -0.3 is 5.32 Å². The lowest BCUT2D eigenvalue weighted by Crippen LogP contribution is -2.01. The van der Waals surface area contributed by atoms with Crippen molar-refractivity contribution in [2.75, 3.05) is 5.32 Å². The summed E-state index contributed by atoms with van der Waals surface area (Å²) in [7, 11) is 0. The third kappa shape index (κ3) is 2.34. The minimum absolute atomic E-state index is 0.169. The van der Waals surface area contributed by atoms with Crippen LogP contribution in [0.2, 0.25) is 0 Å². The molecule has 0 atom stereocenters. The summed E-state index contributed by atoms with van der Waals surface area (Å²) in [4.78, 5) is 0. The average Bonchev–Trinajstić information content (AvgIpc) is 2.92. The van der Waals surface area contributed by atoms with E-state index in [4.69, 9.17) is 0 Å². The molecule has 4 aromatic rings. The molecule has 3 heteroatoms. The zero-order chi connectivity index (χ0) is 14.9. The maximum absolute atomic E-state index is 13.7. The van der Waals surface area contributed by atoms with Gasteiger partial charge in [0.05, 0.1) is 0 Å². The fourth-order valence-corrected chi connectivity index (χ4v) is 3.76. The molecule has 0 amide bonds. The molecule has 0 saturated carbocycles. The van der Waals surface area contributed by atoms with E-state index in [1.807, 2.05) is 6.07 Å². The Hall–Kier alpha value is -2.39. The molecule has 0 fully saturated rings. The predicted octanol–water partition coefficient (Wildman–Crippen LogP) is 5.81. The van der Waals surface area contributed by atoms with Crippen LogP contribution in [0, 0.1) is 5.82 Å². The van der Waals surface area contributed by atoms with Gasteiger partial charge in [0.2, 0.25) is 0 Å². The van der Waals surface area contributed by atoms with E-state index in [-0.39, 0.29) is 5.82 Å². The van der Waals surface area contributed by atoms with Gasteiger partial charge in [0, 0.05) is 38.0 Å². The van der Waals surface area contributed by atoms with Crippen molar-refractivity contribution >= 4 is 37.2 Å². The maximum atomic E-state index is 13.7. The van der Waals surface area contributed by atoms with Crippen molar-refractivity contribution in [3.8, 4) is 0 Å². The summed E-state index contributed by atoms with van der Waals surface area (Å²) in [5, 5.41) is 5.84. The van der Waals surface area contributed by atoms with Crippen LogP contribution >= 0.6 is 11.3 Å². The van der Waals surface area contributed by atoms with E-state index < -0.39 is 0 Å². The topological polar surface area (TPSA) is 12.0 Å². The Labute approximate surface area is 132 Å². The number of hydrogen-bond donors (Lipinski definition) is 1. The molecule has 1 nitrogen and oxygen atoms in total. The maximum Gasteiger partial charge on any atom is 0.128 e. The van der Waals surface area contributed by atoms with Gasteiger partial charge in [0.25, 0.3) is 0 Å². The van der Waals surface area contributed by atoms with Crippen molar-refractivity contribution in [2.45, 2.75) is 6.54 Å². The molecule has 0 aliphatic heterocycles. The van der Waals surface area contributed by atoms with E-state index in [1.165, 1.54) is 26.2 Å². The first-order valence-corrected chi connectivity index (χ1v) is 8.01. The summed E-state index contributed by atoms with van der Waals surface area (Å²) in [5.74, 6) is -0.169. The molecule has 0 bridgehead atoms. The normalized spacial score (nSPS) is 11.1. The van der Waals surface area contributed by atoms with Gasteiger partial charge in [-0.15, -0.1) is 11.3 Å². The summed E-state index contributed by atoms with van der Waals surface area (Å²) in [5.41, 5.74) is 1.69. The molecular formula is C19H14FNS. The molecule has 0 spiro atoms. The first kappa shape index (κ1) is 13.3. The van der Waals surface area contributed by atoms with Crippen LogP contribution in [0.4, 0.5) is 10.1 Å². The summed E-state index contributed by atoms with van der Waals surface area (Å²) in [6.45, 7) is 0.486. The van der Waals surface area contributed by atoms with Gasteiger partial charge in [-0.2, -0.15) is 0 Å². The van der Waals surface area contributed by atoms with Gasteiger partial charge in [-0.3, -0.25) is 0 Å². The summed E-state index contributed by atoms with van der Waals surface area (Å²) in [6.07, 6.45) is 0. The van der Waals surface area contributed by atoms with Crippen molar-refractivity contribution in [3.05, 3.63) is 78.1 Å². The smallest absolute Gasteiger partial charge is 0.128 e. The second-order valence-corrected chi connectivity index (χ2v) is 6.34. The molecule has 3 aromatic carbocycles. The first-order valence-electron chi connectivity index (χ1n) is 7.20. The SMILES string of the molecule is Fc1ccccc1CNc1ccc2sc3ccccc3c2c1. The number of nitrogens with one attached hydrogen (secondary N) is 1. The quantitative estimate of drug-likeness (QED) is 0.504. The largest absolute Gasteiger partial charge is 0.381 e. The highest BCUT2D eigenvalue weighted by molar-refractivity contribution is 7.25. The average molecular weight is 307 g/mol. The molecule has 0 unspecified atom stereocenters. The van der Waals surface area contributed by atoms with Crippen molar-refractivity contribution in [3.63, 3.8) is 0 Å². The molecule has 22 heavy (non-hydrogen) atoms. The Balaban J connectivity index is 1.67. The lowest BCUT2D eigenvalue weighted by molar-refractivity contribution is 0.613. The van der Waals surface area contributed by atoms with Crippen LogP contribution < -0.4 is 5.32 Å². The molecular weight excluding hydrogens is 293 g/mol. The molecule has 4 rings (SSSR count). The molecule has 1 aromatic heterocycles. The second-order valence-electron chi connectivity index (χ2n) is 5.25. The number of hydrogen-bond acceptors (Lipinski definition) is 2. The second kappa shape index (κ2) is 5.43. The van der Waals surface area contributed by atoms with Crippen LogP contribution in [0.25, 0.3) is 20.2 Å². The van der Waals surface area contributed by atoms with E-state index in [0.717, 1.165) is 5.69 Å². The molecule has 1 N–H and O–H groups in total. The molecule has 0 aliphatic carbocycles. The number of thiophene rings is 1. The zero-order valence-electron chi connectivity index (χ0n) is 11.8. The van der Waals surface area contributed by atoms with E-state index >= 15 is 0 Å². The van der Waals surface area contributed by atoms with Crippen molar-refractivity contribution in [2.24, 2.45) is 0 Å². The molecule has 0 radical (unpaired) electrons. The van der Waals surface area contributed by atoms with E-state index in [2.05, 4.69) is 47.8 Å². The Morgan fingerprint density at radius 3 is 2.50 bits per heavy atom. The molecule has 0 aliphatic rings. The number of fused-ring (bicyclic) bond motifs is 3. The first-order chi connectivity index (χ1) is 10.8. The Morgan fingerprint density at radius 1 is 0.818 bits per heavy atom. The minimum Gasteiger partial charge on any atom is -0.381 e. The van der Waals surface area contributed by atoms with Crippen LogP contribution in [-0.2, 0) is 6.54 Å². The van der Waals surface area contributed by atoms with Crippen LogP contribution in [0.5, 0.6) is 0 Å². The van der Waals surface area contributed by atoms with E-state index in [9.17, 15) is 4.39 Å². The Kier molecular flexibility index (Phi) is 3.28. The lowest BCUT2D eigenvalue weighted by Gasteiger charge is -2.07. The Morgan fingerprint density at radius 2 is 1.59 bits per heavy atom. The van der Waals surface area contributed by atoms with E-state index in [1.54, 1.807) is 23.5 Å². The number of benzene rings is 3. The molecule has 108 valence electrons. The van der Waals surface area contributed by atoms with Gasteiger partial charge in [-0.25, -0.2) is 4.39 Å². The number of rotatable bonds is 3. The van der Waals surface area contributed by atoms with Gasteiger partial charge in [-0.05, 0) is 30.3 Å². The standard InChI is InChI=1S/C19H14FNS/c20-17-7-3-1-5-13(17)12-21-14-9-10-19-16(11-14)15-6-2-4-8-18(15)22-19/h1-11,21H,12H2. The highest BCUT2D eigenvalue weighted by Gasteiger charge is 2.06. The number of anilines is 1. The van der Waals surface area contributed by atoms with Gasteiger partial charge in [0.15, 0.2) is 0 Å². The Bertz CT molecular complexity index is 958. The van der Waals surface area contributed by atoms with Gasteiger partial charge >= 0.3 is 0 Å². The van der Waals surface area contributed by atoms with Crippen LogP contribution in [-0.4, -0.2) is 0 Å². The summed E-state index contributed by atoms with van der Waals surface area (Å²) < 4.78 is 16.2. The molecule has 0 saturated heterocycles. The fraction of sp³-hybridized carbons (Fsp3) is 0.0526. The minimum atomic E-state index is -0.169. The highest BCUT2D eigenvalue weighted by Crippen LogP contribution is 2.35. The highest BCUT2D eigenvalue weighted by atomic mass is 32.1. The lowest BCUT2D eigenvalue weighted by atomic mass is 10.1. The predicted molar refractivity (Wildman–Crippen MR) is 93.1 cm³/mol. The third-order valence-corrected chi connectivity index (χ3v) is 4.97. The van der Waals surface area contributed by atoms with Crippen molar-refractivity contribution in [1.82, 2.24) is 0 Å². The van der Waals surface area contributed by atoms with Crippen molar-refractivity contribution in [1.29, 1.82) is 0 Å². The van der Waals surface area contributed by atoms with Crippen LogP contribution in [0.1, 0.15) is 5.56 Å². The van der Waals surface area contributed by atoms with Crippen molar-refractivity contribution < 1.29 is 4.39 Å².